The number of nitrogens with zero attached hydrogens (tertiary/aromatic N) is 4. The Morgan fingerprint density at radius 1 is 1.00 bits per heavy atom. The number of carbonyl (C=O) groups excluding carboxylic acids is 2. The van der Waals surface area contributed by atoms with Gasteiger partial charge < -0.3 is 15.1 Å². The van der Waals surface area contributed by atoms with Crippen LogP contribution < -0.4 is 10.2 Å². The Kier molecular flexibility index (Phi) is 5.46. The van der Waals surface area contributed by atoms with Crippen molar-refractivity contribution < 1.29 is 9.59 Å². The van der Waals surface area contributed by atoms with Gasteiger partial charge >= 0.3 is 11.8 Å². The minimum Gasteiger partial charge on any atom is -0.337 e. The van der Waals surface area contributed by atoms with Crippen molar-refractivity contribution in [1.82, 2.24) is 14.9 Å². The van der Waals surface area contributed by atoms with E-state index in [4.69, 9.17) is 0 Å². The molecule has 26 heavy (non-hydrogen) atoms. The van der Waals surface area contributed by atoms with Crippen LogP contribution in [0, 0.1) is 0 Å². The van der Waals surface area contributed by atoms with E-state index in [-0.39, 0.29) is 5.92 Å². The first-order chi connectivity index (χ1) is 12.6. The summed E-state index contributed by atoms with van der Waals surface area (Å²) in [4.78, 5) is 36.9. The van der Waals surface area contributed by atoms with Gasteiger partial charge in [0.2, 0.25) is 5.95 Å². The lowest BCUT2D eigenvalue weighted by Gasteiger charge is -2.34. The van der Waals surface area contributed by atoms with Crippen LogP contribution >= 0.6 is 0 Å². The molecule has 0 bridgehead atoms. The lowest BCUT2D eigenvalue weighted by molar-refractivity contribution is -0.143. The highest BCUT2D eigenvalue weighted by Crippen LogP contribution is 2.23. The van der Waals surface area contributed by atoms with E-state index in [1.54, 1.807) is 23.4 Å². The van der Waals surface area contributed by atoms with E-state index in [0.29, 0.717) is 37.8 Å². The summed E-state index contributed by atoms with van der Waals surface area (Å²) in [5.74, 6) is -0.189. The number of hydrogen-bond donors (Lipinski definition) is 1. The molecule has 1 fully saturated rings. The quantitative estimate of drug-likeness (QED) is 0.853. The van der Waals surface area contributed by atoms with Crippen molar-refractivity contribution in [2.24, 2.45) is 0 Å². The number of benzene rings is 1. The van der Waals surface area contributed by atoms with E-state index in [1.807, 2.05) is 29.2 Å². The first kappa shape index (κ1) is 17.8. The highest BCUT2D eigenvalue weighted by Gasteiger charge is 2.27. The van der Waals surface area contributed by atoms with E-state index in [1.165, 1.54) is 0 Å². The molecule has 0 radical (unpaired) electrons. The van der Waals surface area contributed by atoms with Crippen molar-refractivity contribution >= 4 is 23.5 Å². The molecule has 2 aromatic rings. The lowest BCUT2D eigenvalue weighted by atomic mass is 10.0. The Balaban J connectivity index is 1.59. The molecule has 2 amide bonds. The van der Waals surface area contributed by atoms with Gasteiger partial charge in [0.25, 0.3) is 0 Å². The van der Waals surface area contributed by atoms with Gasteiger partial charge in [0.15, 0.2) is 0 Å². The topological polar surface area (TPSA) is 78.4 Å². The van der Waals surface area contributed by atoms with E-state index >= 15 is 0 Å². The molecule has 1 aromatic heterocycles. The predicted molar refractivity (Wildman–Crippen MR) is 100.0 cm³/mol. The molecule has 3 rings (SSSR count). The standard InChI is InChI=1S/C19H23N5O2/c1-14(2)15-6-3-4-7-16(15)22-17(25)18(26)23-10-12-24(13-11-23)19-20-8-5-9-21-19/h3-9,14H,10-13H2,1-2H3,(H,22,25). The summed E-state index contributed by atoms with van der Waals surface area (Å²) in [5, 5.41) is 2.76. The molecule has 1 saturated heterocycles. The molecule has 0 saturated carbocycles. The first-order valence-corrected chi connectivity index (χ1v) is 8.77. The second-order valence-electron chi connectivity index (χ2n) is 6.52. The number of para-hydroxylation sites is 1. The molecule has 0 aliphatic carbocycles. The Morgan fingerprint density at radius 2 is 1.65 bits per heavy atom. The smallest absolute Gasteiger partial charge is 0.313 e. The van der Waals surface area contributed by atoms with E-state index < -0.39 is 11.8 Å². The fourth-order valence-corrected chi connectivity index (χ4v) is 3.00. The molecule has 7 nitrogen and oxygen atoms in total. The van der Waals surface area contributed by atoms with Crippen LogP contribution in [0.1, 0.15) is 25.3 Å². The van der Waals surface area contributed by atoms with Gasteiger partial charge in [-0.3, -0.25) is 9.59 Å². The Labute approximate surface area is 153 Å². The molecule has 7 heteroatoms. The maximum Gasteiger partial charge on any atom is 0.313 e. The molecule has 1 aliphatic rings. The summed E-state index contributed by atoms with van der Waals surface area (Å²) in [7, 11) is 0. The number of nitrogens with one attached hydrogen (secondary N) is 1. The summed E-state index contributed by atoms with van der Waals surface area (Å²) in [6.07, 6.45) is 3.39. The van der Waals surface area contributed by atoms with Crippen LogP contribution in [-0.2, 0) is 9.59 Å². The minimum absolute atomic E-state index is 0.260. The number of piperazine rings is 1. The fraction of sp³-hybridized carbons (Fsp3) is 0.368. The third kappa shape index (κ3) is 3.99. The van der Waals surface area contributed by atoms with E-state index in [0.717, 1.165) is 5.56 Å². The van der Waals surface area contributed by atoms with Crippen molar-refractivity contribution in [3.63, 3.8) is 0 Å². The van der Waals surface area contributed by atoms with Gasteiger partial charge in [-0.15, -0.1) is 0 Å². The van der Waals surface area contributed by atoms with Crippen molar-refractivity contribution in [1.29, 1.82) is 0 Å². The van der Waals surface area contributed by atoms with Gasteiger partial charge in [-0.25, -0.2) is 9.97 Å². The minimum atomic E-state index is -0.595. The first-order valence-electron chi connectivity index (χ1n) is 8.77. The number of amides is 2. The van der Waals surface area contributed by atoms with Gasteiger partial charge in [-0.2, -0.15) is 0 Å². The van der Waals surface area contributed by atoms with Gasteiger partial charge in [-0.05, 0) is 23.6 Å². The van der Waals surface area contributed by atoms with E-state index in [9.17, 15) is 9.59 Å². The van der Waals surface area contributed by atoms with Gasteiger partial charge in [0, 0.05) is 44.3 Å². The average molecular weight is 353 g/mol. The molecule has 0 spiro atoms. The largest absolute Gasteiger partial charge is 0.337 e. The van der Waals surface area contributed by atoms with Crippen LogP contribution in [0.4, 0.5) is 11.6 Å². The highest BCUT2D eigenvalue weighted by atomic mass is 16.2. The van der Waals surface area contributed by atoms with Crippen LogP contribution in [0.3, 0.4) is 0 Å². The van der Waals surface area contributed by atoms with Crippen molar-refractivity contribution in [2.75, 3.05) is 36.4 Å². The fourth-order valence-electron chi connectivity index (χ4n) is 3.00. The molecular weight excluding hydrogens is 330 g/mol. The summed E-state index contributed by atoms with van der Waals surface area (Å²) < 4.78 is 0. The molecule has 136 valence electrons. The van der Waals surface area contributed by atoms with Gasteiger partial charge in [0.05, 0.1) is 0 Å². The van der Waals surface area contributed by atoms with Crippen LogP contribution in [0.2, 0.25) is 0 Å². The molecule has 1 aliphatic heterocycles. The zero-order chi connectivity index (χ0) is 18.5. The molecule has 0 unspecified atom stereocenters. The maximum absolute atomic E-state index is 12.5. The predicted octanol–water partition coefficient (Wildman–Crippen LogP) is 1.89. The Bertz CT molecular complexity index is 771. The third-order valence-corrected chi connectivity index (χ3v) is 4.43. The van der Waals surface area contributed by atoms with Crippen LogP contribution in [0.25, 0.3) is 0 Å². The number of anilines is 2. The Morgan fingerprint density at radius 3 is 2.31 bits per heavy atom. The van der Waals surface area contributed by atoms with Crippen LogP contribution in [0.15, 0.2) is 42.7 Å². The number of rotatable bonds is 3. The molecule has 1 aromatic carbocycles. The molecule has 1 N–H and O–H groups in total. The normalized spacial score (nSPS) is 14.4. The second-order valence-corrected chi connectivity index (χ2v) is 6.52. The lowest BCUT2D eigenvalue weighted by Crippen LogP contribution is -2.52. The van der Waals surface area contributed by atoms with Crippen LogP contribution in [-0.4, -0.2) is 52.9 Å². The zero-order valence-corrected chi connectivity index (χ0v) is 15.1. The Hall–Kier alpha value is -2.96. The summed E-state index contributed by atoms with van der Waals surface area (Å²) in [6.45, 7) is 6.25. The molecule has 2 heterocycles. The summed E-state index contributed by atoms with van der Waals surface area (Å²) in [5.41, 5.74) is 1.71. The third-order valence-electron chi connectivity index (χ3n) is 4.43. The monoisotopic (exact) mass is 353 g/mol. The molecular formula is C19H23N5O2. The van der Waals surface area contributed by atoms with Crippen LogP contribution in [0.5, 0.6) is 0 Å². The number of carbonyl (C=O) groups is 2. The van der Waals surface area contributed by atoms with Crippen molar-refractivity contribution in [2.45, 2.75) is 19.8 Å². The number of aromatic nitrogens is 2. The second kappa shape index (κ2) is 7.95. The summed E-state index contributed by atoms with van der Waals surface area (Å²) in [6, 6.07) is 9.33. The molecule has 0 atom stereocenters. The maximum atomic E-state index is 12.5. The zero-order valence-electron chi connectivity index (χ0n) is 15.1. The van der Waals surface area contributed by atoms with Crippen molar-refractivity contribution in [3.8, 4) is 0 Å². The van der Waals surface area contributed by atoms with Crippen molar-refractivity contribution in [3.05, 3.63) is 48.3 Å². The number of hydrogen-bond acceptors (Lipinski definition) is 5. The average Bonchev–Trinajstić information content (AvgIpc) is 2.68. The van der Waals surface area contributed by atoms with Gasteiger partial charge in [0.1, 0.15) is 0 Å². The van der Waals surface area contributed by atoms with E-state index in [2.05, 4.69) is 29.1 Å². The highest BCUT2D eigenvalue weighted by molar-refractivity contribution is 6.39. The summed E-state index contributed by atoms with van der Waals surface area (Å²) >= 11 is 0. The SMILES string of the molecule is CC(C)c1ccccc1NC(=O)C(=O)N1CCN(c2ncccn2)CC1. The van der Waals surface area contributed by atoms with Gasteiger partial charge in [-0.1, -0.05) is 32.0 Å².